The Morgan fingerprint density at radius 1 is 1.38 bits per heavy atom. The summed E-state index contributed by atoms with van der Waals surface area (Å²) in [5, 5.41) is 9.92. The summed E-state index contributed by atoms with van der Waals surface area (Å²) >= 11 is 11.1. The number of aromatic nitrogens is 2. The number of hydrogen-bond donors (Lipinski definition) is 3. The highest BCUT2D eigenvalue weighted by Crippen LogP contribution is 2.24. The first-order chi connectivity index (χ1) is 10.0. The van der Waals surface area contributed by atoms with Gasteiger partial charge in [0.05, 0.1) is 0 Å². The molecule has 0 unspecified atom stereocenters. The SMILES string of the molecule is O=c1[nH]c(=S)[nH]c2c1CCN(Cc1ccc(O)cc1Cl)C2. The molecule has 1 aromatic heterocycles. The third-order valence-corrected chi connectivity index (χ3v) is 4.18. The van der Waals surface area contributed by atoms with E-state index >= 15 is 0 Å². The van der Waals surface area contributed by atoms with Gasteiger partial charge in [0.2, 0.25) is 0 Å². The fourth-order valence-electron chi connectivity index (χ4n) is 2.57. The van der Waals surface area contributed by atoms with Crippen LogP contribution in [0.4, 0.5) is 0 Å². The third kappa shape index (κ3) is 3.02. The molecule has 0 aliphatic carbocycles. The molecule has 21 heavy (non-hydrogen) atoms. The topological polar surface area (TPSA) is 72.1 Å². The molecule has 3 rings (SSSR count). The molecule has 7 heteroatoms. The summed E-state index contributed by atoms with van der Waals surface area (Å²) < 4.78 is 0.350. The lowest BCUT2D eigenvalue weighted by Crippen LogP contribution is -2.34. The van der Waals surface area contributed by atoms with Crippen LogP contribution in [0.25, 0.3) is 0 Å². The van der Waals surface area contributed by atoms with Crippen LogP contribution in [0.3, 0.4) is 0 Å². The summed E-state index contributed by atoms with van der Waals surface area (Å²) in [6.45, 7) is 2.06. The highest BCUT2D eigenvalue weighted by atomic mass is 35.5. The standard InChI is InChI=1S/C14H14ClN3O2S/c15-11-5-9(19)2-1-8(11)6-18-4-3-10-12(7-18)16-14(21)17-13(10)20/h1-2,5,19H,3-4,6-7H2,(H2,16,17,20,21). The Kier molecular flexibility index (Phi) is 3.84. The molecule has 3 N–H and O–H groups in total. The predicted molar refractivity (Wildman–Crippen MR) is 83.2 cm³/mol. The first-order valence-corrected chi connectivity index (χ1v) is 7.35. The van der Waals surface area contributed by atoms with Gasteiger partial charge in [-0.3, -0.25) is 14.7 Å². The molecule has 0 bridgehead atoms. The lowest BCUT2D eigenvalue weighted by atomic mass is 10.1. The Morgan fingerprint density at radius 3 is 2.95 bits per heavy atom. The average Bonchev–Trinajstić information content (AvgIpc) is 2.41. The number of aromatic amines is 2. The number of nitrogens with zero attached hydrogens (tertiary/aromatic N) is 1. The van der Waals surface area contributed by atoms with E-state index in [1.54, 1.807) is 6.07 Å². The first-order valence-electron chi connectivity index (χ1n) is 6.57. The maximum atomic E-state index is 11.8. The zero-order valence-corrected chi connectivity index (χ0v) is 12.7. The second-order valence-corrected chi connectivity index (χ2v) is 5.92. The molecule has 5 nitrogen and oxygen atoms in total. The van der Waals surface area contributed by atoms with Crippen LogP contribution < -0.4 is 5.56 Å². The van der Waals surface area contributed by atoms with Crippen molar-refractivity contribution in [2.75, 3.05) is 6.54 Å². The lowest BCUT2D eigenvalue weighted by Gasteiger charge is -2.28. The number of rotatable bonds is 2. The number of nitrogens with one attached hydrogen (secondary N) is 2. The quantitative estimate of drug-likeness (QED) is 0.742. The van der Waals surface area contributed by atoms with E-state index in [1.807, 2.05) is 6.07 Å². The fraction of sp³-hybridized carbons (Fsp3) is 0.286. The minimum atomic E-state index is -0.101. The average molecular weight is 324 g/mol. The van der Waals surface area contributed by atoms with E-state index in [0.717, 1.165) is 23.4 Å². The first kappa shape index (κ1) is 14.3. The van der Waals surface area contributed by atoms with Crippen LogP contribution in [-0.4, -0.2) is 26.5 Å². The number of halogens is 1. The van der Waals surface area contributed by atoms with Gasteiger partial charge in [0.25, 0.3) is 5.56 Å². The van der Waals surface area contributed by atoms with Crippen molar-refractivity contribution in [3.05, 3.63) is 55.2 Å². The number of fused-ring (bicyclic) bond motifs is 1. The summed E-state index contributed by atoms with van der Waals surface area (Å²) in [6.07, 6.45) is 0.673. The molecule has 2 aromatic rings. The lowest BCUT2D eigenvalue weighted by molar-refractivity contribution is 0.240. The molecule has 0 saturated heterocycles. The molecule has 1 aliphatic heterocycles. The van der Waals surface area contributed by atoms with E-state index in [4.69, 9.17) is 23.8 Å². The van der Waals surface area contributed by atoms with Gasteiger partial charge in [-0.2, -0.15) is 0 Å². The number of H-pyrrole nitrogens is 2. The molecule has 0 amide bonds. The summed E-state index contributed by atoms with van der Waals surface area (Å²) in [6, 6.07) is 4.97. The molecule has 1 aliphatic rings. The smallest absolute Gasteiger partial charge is 0.255 e. The second-order valence-electron chi connectivity index (χ2n) is 5.10. The number of aromatic hydroxyl groups is 1. The van der Waals surface area contributed by atoms with Crippen molar-refractivity contribution >= 4 is 23.8 Å². The Hall–Kier alpha value is -1.63. The molecule has 0 spiro atoms. The van der Waals surface area contributed by atoms with Crippen molar-refractivity contribution in [3.63, 3.8) is 0 Å². The van der Waals surface area contributed by atoms with Crippen molar-refractivity contribution in [3.8, 4) is 5.75 Å². The zero-order valence-electron chi connectivity index (χ0n) is 11.1. The number of phenolic OH excluding ortho intramolecular Hbond substituents is 1. The summed E-state index contributed by atoms with van der Waals surface area (Å²) in [5.41, 5.74) is 2.49. The van der Waals surface area contributed by atoms with E-state index in [-0.39, 0.29) is 11.3 Å². The van der Waals surface area contributed by atoms with Crippen LogP contribution in [-0.2, 0) is 19.5 Å². The molecule has 2 heterocycles. The monoisotopic (exact) mass is 323 g/mol. The minimum absolute atomic E-state index is 0.101. The van der Waals surface area contributed by atoms with Crippen LogP contribution in [0.2, 0.25) is 5.02 Å². The second kappa shape index (κ2) is 5.63. The van der Waals surface area contributed by atoms with E-state index in [1.165, 1.54) is 6.07 Å². The Labute approximate surface area is 131 Å². The van der Waals surface area contributed by atoms with E-state index < -0.39 is 0 Å². The Bertz CT molecular complexity index is 800. The third-order valence-electron chi connectivity index (χ3n) is 3.62. The molecule has 0 fully saturated rings. The zero-order chi connectivity index (χ0) is 15.0. The fourth-order valence-corrected chi connectivity index (χ4v) is 3.02. The van der Waals surface area contributed by atoms with E-state index in [2.05, 4.69) is 14.9 Å². The molecule has 0 atom stereocenters. The largest absolute Gasteiger partial charge is 0.508 e. The normalized spacial score (nSPS) is 14.9. The number of phenols is 1. The summed E-state index contributed by atoms with van der Waals surface area (Å²) in [7, 11) is 0. The van der Waals surface area contributed by atoms with Gasteiger partial charge in [0, 0.05) is 35.9 Å². The van der Waals surface area contributed by atoms with E-state index in [0.29, 0.717) is 29.3 Å². The van der Waals surface area contributed by atoms with Gasteiger partial charge in [0.15, 0.2) is 4.77 Å². The highest BCUT2D eigenvalue weighted by Gasteiger charge is 2.20. The van der Waals surface area contributed by atoms with Crippen molar-refractivity contribution < 1.29 is 5.11 Å². The van der Waals surface area contributed by atoms with E-state index in [9.17, 15) is 9.90 Å². The molecular formula is C14H14ClN3O2S. The van der Waals surface area contributed by atoms with Crippen LogP contribution >= 0.6 is 23.8 Å². The molecule has 0 radical (unpaired) electrons. The van der Waals surface area contributed by atoms with Crippen molar-refractivity contribution in [2.24, 2.45) is 0 Å². The van der Waals surface area contributed by atoms with Gasteiger partial charge in [-0.05, 0) is 36.3 Å². The summed E-state index contributed by atoms with van der Waals surface area (Å²) in [5.74, 6) is 0.156. The number of hydrogen-bond acceptors (Lipinski definition) is 4. The molecular weight excluding hydrogens is 310 g/mol. The van der Waals surface area contributed by atoms with Crippen LogP contribution in [0.1, 0.15) is 16.8 Å². The predicted octanol–water partition coefficient (Wildman–Crippen LogP) is 2.35. The minimum Gasteiger partial charge on any atom is -0.508 e. The van der Waals surface area contributed by atoms with Crippen LogP contribution in [0.5, 0.6) is 5.75 Å². The molecule has 110 valence electrons. The Morgan fingerprint density at radius 2 is 2.19 bits per heavy atom. The van der Waals surface area contributed by atoms with Gasteiger partial charge in [-0.25, -0.2) is 0 Å². The molecule has 0 saturated carbocycles. The van der Waals surface area contributed by atoms with Gasteiger partial charge >= 0.3 is 0 Å². The highest BCUT2D eigenvalue weighted by molar-refractivity contribution is 7.71. The van der Waals surface area contributed by atoms with Crippen LogP contribution in [0.15, 0.2) is 23.0 Å². The maximum absolute atomic E-state index is 11.8. The maximum Gasteiger partial charge on any atom is 0.255 e. The van der Waals surface area contributed by atoms with Gasteiger partial charge in [-0.1, -0.05) is 17.7 Å². The van der Waals surface area contributed by atoms with Crippen molar-refractivity contribution in [1.29, 1.82) is 0 Å². The van der Waals surface area contributed by atoms with Gasteiger partial charge < -0.3 is 10.1 Å². The van der Waals surface area contributed by atoms with Gasteiger partial charge in [0.1, 0.15) is 5.75 Å². The molecule has 1 aromatic carbocycles. The van der Waals surface area contributed by atoms with Crippen molar-refractivity contribution in [2.45, 2.75) is 19.5 Å². The summed E-state index contributed by atoms with van der Waals surface area (Å²) in [4.78, 5) is 19.7. The Balaban J connectivity index is 1.83. The van der Waals surface area contributed by atoms with Gasteiger partial charge in [-0.15, -0.1) is 0 Å². The number of benzene rings is 1. The van der Waals surface area contributed by atoms with Crippen molar-refractivity contribution in [1.82, 2.24) is 14.9 Å². The van der Waals surface area contributed by atoms with Crippen LogP contribution in [0, 0.1) is 4.77 Å².